The smallest absolute Gasteiger partial charge is 0.230 e. The number of hydrogen-bond donors (Lipinski definition) is 1. The SMILES string of the molecule is O=C(C1Cc2ccccc21)N(CC1CCNCC1)C1CC1. The Balaban J connectivity index is 1.46. The summed E-state index contributed by atoms with van der Waals surface area (Å²) in [5.41, 5.74) is 2.65. The summed E-state index contributed by atoms with van der Waals surface area (Å²) in [6.45, 7) is 3.22. The summed E-state index contributed by atoms with van der Waals surface area (Å²) < 4.78 is 0. The normalized spacial score (nSPS) is 25.0. The molecule has 1 N–H and O–H groups in total. The van der Waals surface area contributed by atoms with E-state index in [0.29, 0.717) is 17.9 Å². The van der Waals surface area contributed by atoms with Crippen molar-refractivity contribution >= 4 is 5.91 Å². The number of rotatable bonds is 4. The van der Waals surface area contributed by atoms with Gasteiger partial charge in [0.05, 0.1) is 5.92 Å². The van der Waals surface area contributed by atoms with Crippen molar-refractivity contribution in [1.29, 1.82) is 0 Å². The highest BCUT2D eigenvalue weighted by molar-refractivity contribution is 5.87. The fourth-order valence-corrected chi connectivity index (χ4v) is 3.83. The third kappa shape index (κ3) is 2.59. The van der Waals surface area contributed by atoms with Crippen molar-refractivity contribution in [2.45, 2.75) is 44.1 Å². The van der Waals surface area contributed by atoms with E-state index in [1.165, 1.54) is 36.8 Å². The van der Waals surface area contributed by atoms with Crippen LogP contribution in [0.15, 0.2) is 24.3 Å². The number of nitrogens with one attached hydrogen (secondary N) is 1. The van der Waals surface area contributed by atoms with Crippen LogP contribution in [0.1, 0.15) is 42.7 Å². The third-order valence-electron chi connectivity index (χ3n) is 5.34. The van der Waals surface area contributed by atoms with Gasteiger partial charge in [-0.25, -0.2) is 0 Å². The molecule has 0 radical (unpaired) electrons. The molecule has 3 nitrogen and oxygen atoms in total. The molecule has 3 aliphatic rings. The van der Waals surface area contributed by atoms with Crippen LogP contribution in [0.25, 0.3) is 0 Å². The lowest BCUT2D eigenvalue weighted by molar-refractivity contribution is -0.134. The fraction of sp³-hybridized carbons (Fsp3) is 0.611. The summed E-state index contributed by atoms with van der Waals surface area (Å²) in [7, 11) is 0. The maximum Gasteiger partial charge on any atom is 0.230 e. The summed E-state index contributed by atoms with van der Waals surface area (Å²) in [4.78, 5) is 15.2. The number of piperidine rings is 1. The highest BCUT2D eigenvalue weighted by Crippen LogP contribution is 2.39. The number of benzene rings is 1. The summed E-state index contributed by atoms with van der Waals surface area (Å²) in [5, 5.41) is 3.42. The Labute approximate surface area is 126 Å². The van der Waals surface area contributed by atoms with Gasteiger partial charge in [0.1, 0.15) is 0 Å². The predicted octanol–water partition coefficient (Wildman–Crippen LogP) is 2.32. The molecule has 112 valence electrons. The molecule has 1 saturated heterocycles. The molecule has 4 rings (SSSR count). The molecule has 21 heavy (non-hydrogen) atoms. The van der Waals surface area contributed by atoms with Gasteiger partial charge in [0.25, 0.3) is 0 Å². The van der Waals surface area contributed by atoms with Gasteiger partial charge in [-0.15, -0.1) is 0 Å². The first-order valence-corrected chi connectivity index (χ1v) is 8.42. The third-order valence-corrected chi connectivity index (χ3v) is 5.34. The van der Waals surface area contributed by atoms with Crippen molar-refractivity contribution in [3.8, 4) is 0 Å². The van der Waals surface area contributed by atoms with Crippen LogP contribution in [0.2, 0.25) is 0 Å². The van der Waals surface area contributed by atoms with E-state index in [4.69, 9.17) is 0 Å². The second kappa shape index (κ2) is 5.45. The van der Waals surface area contributed by atoms with Crippen LogP contribution in [-0.2, 0) is 11.2 Å². The van der Waals surface area contributed by atoms with Gasteiger partial charge in [-0.3, -0.25) is 4.79 Å². The minimum atomic E-state index is 0.142. The van der Waals surface area contributed by atoms with Gasteiger partial charge in [-0.2, -0.15) is 0 Å². The molecule has 2 aliphatic carbocycles. The Hall–Kier alpha value is -1.35. The summed E-state index contributed by atoms with van der Waals surface area (Å²) in [5.74, 6) is 1.24. The number of amides is 1. The van der Waals surface area contributed by atoms with Gasteiger partial charge in [-0.05, 0) is 62.2 Å². The Morgan fingerprint density at radius 2 is 1.90 bits per heavy atom. The quantitative estimate of drug-likeness (QED) is 0.920. The zero-order valence-electron chi connectivity index (χ0n) is 12.6. The van der Waals surface area contributed by atoms with Crippen LogP contribution in [0.5, 0.6) is 0 Å². The summed E-state index contributed by atoms with van der Waals surface area (Å²) >= 11 is 0. The van der Waals surface area contributed by atoms with Crippen LogP contribution >= 0.6 is 0 Å². The standard InChI is InChI=1S/C18H24N2O/c21-18(17-11-14-3-1-2-4-16(14)17)20(15-5-6-15)12-13-7-9-19-10-8-13/h1-4,13,15,17,19H,5-12H2. The van der Waals surface area contributed by atoms with Gasteiger partial charge >= 0.3 is 0 Å². The van der Waals surface area contributed by atoms with E-state index in [1.54, 1.807) is 0 Å². The minimum Gasteiger partial charge on any atom is -0.339 e. The first-order valence-electron chi connectivity index (χ1n) is 8.42. The first-order chi connectivity index (χ1) is 10.3. The monoisotopic (exact) mass is 284 g/mol. The molecule has 1 saturated carbocycles. The largest absolute Gasteiger partial charge is 0.339 e. The lowest BCUT2D eigenvalue weighted by atomic mass is 9.76. The Bertz CT molecular complexity index is 532. The van der Waals surface area contributed by atoms with Crippen LogP contribution in [0.3, 0.4) is 0 Å². The molecule has 1 aliphatic heterocycles. The van der Waals surface area contributed by atoms with Crippen LogP contribution in [0.4, 0.5) is 0 Å². The second-order valence-corrected chi connectivity index (χ2v) is 6.87. The molecule has 1 aromatic carbocycles. The van der Waals surface area contributed by atoms with Crippen LogP contribution in [0, 0.1) is 5.92 Å². The second-order valence-electron chi connectivity index (χ2n) is 6.87. The average molecular weight is 284 g/mol. The number of carbonyl (C=O) groups excluding carboxylic acids is 1. The minimum absolute atomic E-state index is 0.142. The van der Waals surface area contributed by atoms with Gasteiger partial charge in [0.2, 0.25) is 5.91 Å². The van der Waals surface area contributed by atoms with Gasteiger partial charge < -0.3 is 10.2 Å². The lowest BCUT2D eigenvalue weighted by Gasteiger charge is -2.36. The van der Waals surface area contributed by atoms with Crippen LogP contribution in [-0.4, -0.2) is 36.5 Å². The molecule has 1 heterocycles. The highest BCUT2D eigenvalue weighted by Gasteiger charge is 2.40. The Morgan fingerprint density at radius 1 is 1.14 bits per heavy atom. The summed E-state index contributed by atoms with van der Waals surface area (Å²) in [6, 6.07) is 8.98. The maximum atomic E-state index is 13.0. The first kappa shape index (κ1) is 13.3. The van der Waals surface area contributed by atoms with Gasteiger partial charge in [0.15, 0.2) is 0 Å². The highest BCUT2D eigenvalue weighted by atomic mass is 16.2. The molecule has 1 unspecified atom stereocenters. The van der Waals surface area contributed by atoms with E-state index in [9.17, 15) is 4.79 Å². The summed E-state index contributed by atoms with van der Waals surface area (Å²) in [6.07, 6.45) is 5.82. The molecular weight excluding hydrogens is 260 g/mol. The topological polar surface area (TPSA) is 32.3 Å². The van der Waals surface area contributed by atoms with E-state index >= 15 is 0 Å². The van der Waals surface area contributed by atoms with E-state index < -0.39 is 0 Å². The average Bonchev–Trinajstić information content (AvgIpc) is 3.31. The number of fused-ring (bicyclic) bond motifs is 1. The zero-order valence-corrected chi connectivity index (χ0v) is 12.6. The molecule has 1 amide bonds. The molecular formula is C18H24N2O. The van der Waals surface area contributed by atoms with Crippen LogP contribution < -0.4 is 5.32 Å². The fourth-order valence-electron chi connectivity index (χ4n) is 3.83. The zero-order chi connectivity index (χ0) is 14.2. The molecule has 1 atom stereocenters. The molecule has 2 fully saturated rings. The van der Waals surface area contributed by atoms with Crippen molar-refractivity contribution < 1.29 is 4.79 Å². The van der Waals surface area contributed by atoms with Gasteiger partial charge in [-0.1, -0.05) is 24.3 Å². The number of carbonyl (C=O) groups is 1. The van der Waals surface area contributed by atoms with Crippen molar-refractivity contribution in [3.05, 3.63) is 35.4 Å². The maximum absolute atomic E-state index is 13.0. The predicted molar refractivity (Wildman–Crippen MR) is 83.2 cm³/mol. The Kier molecular flexibility index (Phi) is 3.46. The van der Waals surface area contributed by atoms with Crippen molar-refractivity contribution in [2.75, 3.05) is 19.6 Å². The molecule has 0 bridgehead atoms. The molecule has 0 aromatic heterocycles. The van der Waals surface area contributed by atoms with E-state index in [2.05, 4.69) is 34.5 Å². The Morgan fingerprint density at radius 3 is 2.62 bits per heavy atom. The van der Waals surface area contributed by atoms with Gasteiger partial charge in [0, 0.05) is 12.6 Å². The number of hydrogen-bond acceptors (Lipinski definition) is 2. The molecule has 1 aromatic rings. The number of nitrogens with zero attached hydrogens (tertiary/aromatic N) is 1. The van der Waals surface area contributed by atoms with E-state index in [1.807, 2.05) is 0 Å². The van der Waals surface area contributed by atoms with E-state index in [0.717, 1.165) is 26.1 Å². The molecule has 3 heteroatoms. The van der Waals surface area contributed by atoms with Crippen molar-refractivity contribution in [2.24, 2.45) is 5.92 Å². The van der Waals surface area contributed by atoms with Crippen molar-refractivity contribution in [3.63, 3.8) is 0 Å². The van der Waals surface area contributed by atoms with E-state index in [-0.39, 0.29) is 5.92 Å². The lowest BCUT2D eigenvalue weighted by Crippen LogP contribution is -2.44. The molecule has 0 spiro atoms. The van der Waals surface area contributed by atoms with Crippen molar-refractivity contribution in [1.82, 2.24) is 10.2 Å².